The smallest absolute Gasteiger partial charge is 0.274 e. The van der Waals surface area contributed by atoms with Crippen LogP contribution in [0.1, 0.15) is 28.4 Å². The van der Waals surface area contributed by atoms with Gasteiger partial charge in [0.25, 0.3) is 5.69 Å². The van der Waals surface area contributed by atoms with E-state index in [4.69, 9.17) is 5.26 Å². The zero-order chi connectivity index (χ0) is 11.6. The number of rotatable bonds is 2. The lowest BCUT2D eigenvalue weighted by Crippen LogP contribution is -2.00. The first-order valence-electron chi connectivity index (χ1n) is 4.17. The third-order valence-corrected chi connectivity index (χ3v) is 2.10. The molecule has 0 aliphatic heterocycles. The third kappa shape index (κ3) is 1.99. The fraction of sp³-hybridized carbons (Fsp3) is 0.200. The van der Waals surface area contributed by atoms with Gasteiger partial charge < -0.3 is 0 Å². The first-order chi connectivity index (χ1) is 6.97. The molecule has 0 aromatic heterocycles. The van der Waals surface area contributed by atoms with Gasteiger partial charge in [-0.2, -0.15) is 5.26 Å². The van der Waals surface area contributed by atoms with Gasteiger partial charge in [0.2, 0.25) is 0 Å². The van der Waals surface area contributed by atoms with Gasteiger partial charge in [0.1, 0.15) is 0 Å². The molecule has 0 N–H and O–H groups in total. The second-order valence-electron chi connectivity index (χ2n) is 3.09. The van der Waals surface area contributed by atoms with Crippen molar-refractivity contribution in [1.29, 1.82) is 5.26 Å². The van der Waals surface area contributed by atoms with Crippen LogP contribution in [0.3, 0.4) is 0 Å². The highest BCUT2D eigenvalue weighted by Gasteiger charge is 2.17. The van der Waals surface area contributed by atoms with Gasteiger partial charge in [0.15, 0.2) is 5.78 Å². The molecular formula is C10H8N2O3. The fourth-order valence-corrected chi connectivity index (χ4v) is 1.21. The monoisotopic (exact) mass is 204 g/mol. The van der Waals surface area contributed by atoms with Crippen LogP contribution in [-0.2, 0) is 0 Å². The van der Waals surface area contributed by atoms with E-state index >= 15 is 0 Å². The zero-order valence-electron chi connectivity index (χ0n) is 8.27. The van der Waals surface area contributed by atoms with Gasteiger partial charge >= 0.3 is 0 Å². The molecule has 5 heteroatoms. The van der Waals surface area contributed by atoms with Crippen molar-refractivity contribution < 1.29 is 9.72 Å². The highest BCUT2D eigenvalue weighted by Crippen LogP contribution is 2.23. The topological polar surface area (TPSA) is 84.0 Å². The van der Waals surface area contributed by atoms with Gasteiger partial charge in [-0.3, -0.25) is 14.9 Å². The van der Waals surface area contributed by atoms with Gasteiger partial charge in [0, 0.05) is 17.2 Å². The summed E-state index contributed by atoms with van der Waals surface area (Å²) in [6, 6.07) is 4.39. The van der Waals surface area contributed by atoms with E-state index in [-0.39, 0.29) is 28.2 Å². The molecule has 76 valence electrons. The van der Waals surface area contributed by atoms with Crippen molar-refractivity contribution in [2.45, 2.75) is 13.8 Å². The third-order valence-electron chi connectivity index (χ3n) is 2.10. The molecule has 0 aliphatic carbocycles. The van der Waals surface area contributed by atoms with Crippen molar-refractivity contribution in [2.24, 2.45) is 0 Å². The van der Waals surface area contributed by atoms with Gasteiger partial charge in [-0.15, -0.1) is 0 Å². The Labute approximate surface area is 86.1 Å². The lowest BCUT2D eigenvalue weighted by molar-refractivity contribution is -0.385. The molecule has 15 heavy (non-hydrogen) atoms. The number of ketones is 1. The van der Waals surface area contributed by atoms with Crippen LogP contribution in [-0.4, -0.2) is 10.7 Å². The molecule has 0 aliphatic rings. The number of nitrogens with zero attached hydrogens (tertiary/aromatic N) is 2. The molecule has 0 bridgehead atoms. The predicted octanol–water partition coefficient (Wildman–Crippen LogP) is 1.98. The van der Waals surface area contributed by atoms with Crippen molar-refractivity contribution >= 4 is 11.5 Å². The van der Waals surface area contributed by atoms with Crippen LogP contribution in [0, 0.1) is 28.4 Å². The van der Waals surface area contributed by atoms with E-state index in [1.807, 2.05) is 6.07 Å². The lowest BCUT2D eigenvalue weighted by Gasteiger charge is -2.02. The summed E-state index contributed by atoms with van der Waals surface area (Å²) in [5.41, 5.74) is 0.435. The van der Waals surface area contributed by atoms with Crippen molar-refractivity contribution in [3.8, 4) is 6.07 Å². The molecule has 0 atom stereocenters. The Morgan fingerprint density at radius 1 is 1.53 bits per heavy atom. The number of nitriles is 1. The minimum Gasteiger partial charge on any atom is -0.295 e. The summed E-state index contributed by atoms with van der Waals surface area (Å²) in [5, 5.41) is 19.4. The van der Waals surface area contributed by atoms with E-state index in [2.05, 4.69) is 0 Å². The van der Waals surface area contributed by atoms with Gasteiger partial charge in [-0.25, -0.2) is 0 Å². The molecule has 1 aromatic rings. The average Bonchev–Trinajstić information content (AvgIpc) is 2.17. The number of nitro groups is 1. The lowest BCUT2D eigenvalue weighted by atomic mass is 10.0. The Hall–Kier alpha value is -2.22. The van der Waals surface area contributed by atoms with E-state index < -0.39 is 4.92 Å². The van der Waals surface area contributed by atoms with Crippen molar-refractivity contribution in [3.05, 3.63) is 38.9 Å². The van der Waals surface area contributed by atoms with Crippen LogP contribution in [0.25, 0.3) is 0 Å². The zero-order valence-corrected chi connectivity index (χ0v) is 8.27. The molecule has 1 aromatic carbocycles. The maximum atomic E-state index is 11.1. The Morgan fingerprint density at radius 2 is 2.13 bits per heavy atom. The number of nitro benzene ring substituents is 1. The van der Waals surface area contributed by atoms with Crippen LogP contribution in [0.15, 0.2) is 12.1 Å². The normalized spacial score (nSPS) is 9.40. The number of benzene rings is 1. The standard InChI is InChI=1S/C10H8N2O3/c1-6-9(5-11)3-8(7(2)13)4-10(6)12(14)15/h3-4H,1-2H3. The predicted molar refractivity (Wildman–Crippen MR) is 52.6 cm³/mol. The highest BCUT2D eigenvalue weighted by molar-refractivity contribution is 5.95. The second kappa shape index (κ2) is 3.88. The van der Waals surface area contributed by atoms with E-state index in [9.17, 15) is 14.9 Å². The molecule has 5 nitrogen and oxygen atoms in total. The number of carbonyl (C=O) groups excluding carboxylic acids is 1. The summed E-state index contributed by atoms with van der Waals surface area (Å²) in [6.07, 6.45) is 0. The van der Waals surface area contributed by atoms with Crippen LogP contribution < -0.4 is 0 Å². The summed E-state index contributed by atoms with van der Waals surface area (Å²) < 4.78 is 0. The molecule has 0 saturated carbocycles. The molecule has 0 amide bonds. The Balaban J connectivity index is 3.54. The molecule has 1 rings (SSSR count). The van der Waals surface area contributed by atoms with Crippen molar-refractivity contribution in [3.63, 3.8) is 0 Å². The number of carbonyl (C=O) groups is 1. The molecular weight excluding hydrogens is 196 g/mol. The summed E-state index contributed by atoms with van der Waals surface area (Å²) in [4.78, 5) is 21.1. The van der Waals surface area contributed by atoms with Gasteiger partial charge in [0.05, 0.1) is 16.6 Å². The van der Waals surface area contributed by atoms with Crippen LogP contribution in [0.2, 0.25) is 0 Å². The Kier molecular flexibility index (Phi) is 2.81. The maximum absolute atomic E-state index is 11.1. The summed E-state index contributed by atoms with van der Waals surface area (Å²) >= 11 is 0. The van der Waals surface area contributed by atoms with Crippen LogP contribution >= 0.6 is 0 Å². The molecule has 0 fully saturated rings. The summed E-state index contributed by atoms with van der Waals surface area (Å²) in [7, 11) is 0. The van der Waals surface area contributed by atoms with E-state index in [0.717, 1.165) is 0 Å². The average molecular weight is 204 g/mol. The van der Waals surface area contributed by atoms with Gasteiger partial charge in [-0.05, 0) is 19.9 Å². The molecule has 0 heterocycles. The highest BCUT2D eigenvalue weighted by atomic mass is 16.6. The first kappa shape index (κ1) is 10.9. The maximum Gasteiger partial charge on any atom is 0.274 e. The Morgan fingerprint density at radius 3 is 2.53 bits per heavy atom. The molecule has 0 unspecified atom stereocenters. The fourth-order valence-electron chi connectivity index (χ4n) is 1.21. The molecule has 0 radical (unpaired) electrons. The summed E-state index contributed by atoms with van der Waals surface area (Å²) in [6.45, 7) is 2.79. The number of Topliss-reactive ketones (excluding diaryl/α,β-unsaturated/α-hetero) is 1. The molecule has 0 spiro atoms. The van der Waals surface area contributed by atoms with E-state index in [0.29, 0.717) is 0 Å². The number of hydrogen-bond acceptors (Lipinski definition) is 4. The van der Waals surface area contributed by atoms with Crippen LogP contribution in [0.5, 0.6) is 0 Å². The first-order valence-corrected chi connectivity index (χ1v) is 4.17. The van der Waals surface area contributed by atoms with Gasteiger partial charge in [-0.1, -0.05) is 0 Å². The largest absolute Gasteiger partial charge is 0.295 e. The van der Waals surface area contributed by atoms with E-state index in [1.165, 1.54) is 26.0 Å². The second-order valence-corrected chi connectivity index (χ2v) is 3.09. The SMILES string of the molecule is CC(=O)c1cc(C#N)c(C)c([N+](=O)[O-])c1. The van der Waals surface area contributed by atoms with Crippen molar-refractivity contribution in [2.75, 3.05) is 0 Å². The van der Waals surface area contributed by atoms with E-state index in [1.54, 1.807) is 0 Å². The minimum atomic E-state index is -0.595. The van der Waals surface area contributed by atoms with Crippen molar-refractivity contribution in [1.82, 2.24) is 0 Å². The molecule has 0 saturated heterocycles. The quantitative estimate of drug-likeness (QED) is 0.418. The minimum absolute atomic E-state index is 0.161. The number of hydrogen-bond donors (Lipinski definition) is 0. The van der Waals surface area contributed by atoms with Crippen LogP contribution in [0.4, 0.5) is 5.69 Å². The summed E-state index contributed by atoms with van der Waals surface area (Å²) in [5.74, 6) is -0.297. The Bertz CT molecular complexity index is 486.